The molecule has 0 saturated carbocycles. The van der Waals surface area contributed by atoms with Gasteiger partial charge in [0, 0.05) is 5.56 Å². The number of benzene rings is 4. The van der Waals surface area contributed by atoms with Gasteiger partial charge in [-0.25, -0.2) is 0 Å². The van der Waals surface area contributed by atoms with E-state index in [0.29, 0.717) is 12.0 Å². The summed E-state index contributed by atoms with van der Waals surface area (Å²) in [5.41, 5.74) is 1.70. The number of hydrogen-bond acceptors (Lipinski definition) is 2. The molecule has 0 aliphatic carbocycles. The van der Waals surface area contributed by atoms with Crippen LogP contribution < -0.4 is 0 Å². The molecule has 0 amide bonds. The topological polar surface area (TPSA) is 37.3 Å². The number of ketones is 1. The van der Waals surface area contributed by atoms with E-state index >= 15 is 0 Å². The molecule has 0 aliphatic heterocycles. The second-order valence-corrected chi connectivity index (χ2v) is 7.31. The molecule has 1 N–H and O–H groups in total. The minimum absolute atomic E-state index is 0.0196. The molecule has 4 aromatic carbocycles. The van der Waals surface area contributed by atoms with E-state index in [1.54, 1.807) is 6.08 Å². The van der Waals surface area contributed by atoms with Crippen LogP contribution in [0.5, 0.6) is 0 Å². The number of carbonyl (C=O) groups excluding carboxylic acids is 1. The Kier molecular flexibility index (Phi) is 5.83. The highest BCUT2D eigenvalue weighted by molar-refractivity contribution is 6.04. The van der Waals surface area contributed by atoms with Gasteiger partial charge in [-0.2, -0.15) is 0 Å². The zero-order chi connectivity index (χ0) is 20.1. The maximum Gasteiger partial charge on any atom is 0.185 e. The van der Waals surface area contributed by atoms with Crippen molar-refractivity contribution in [2.24, 2.45) is 0 Å². The second-order valence-electron chi connectivity index (χ2n) is 7.31. The van der Waals surface area contributed by atoms with Crippen LogP contribution in [0.4, 0.5) is 0 Å². The van der Waals surface area contributed by atoms with E-state index in [2.05, 4.69) is 30.3 Å². The fraction of sp³-hybridized carbons (Fsp3) is 0.148. The number of unbranched alkanes of at least 4 members (excludes halogenated alkanes) is 1. The average Bonchev–Trinajstić information content (AvgIpc) is 2.77. The molecular weight excluding hydrogens is 356 g/mol. The maximum absolute atomic E-state index is 12.1. The van der Waals surface area contributed by atoms with Crippen LogP contribution in [-0.4, -0.2) is 10.9 Å². The molecule has 0 fully saturated rings. The first kappa shape index (κ1) is 19.1. The van der Waals surface area contributed by atoms with Gasteiger partial charge < -0.3 is 5.11 Å². The number of rotatable bonds is 7. The predicted octanol–water partition coefficient (Wildman–Crippen LogP) is 6.64. The minimum atomic E-state index is -0.538. The first-order valence-corrected chi connectivity index (χ1v) is 10.1. The molecule has 4 aromatic rings. The van der Waals surface area contributed by atoms with Crippen molar-refractivity contribution in [2.75, 3.05) is 0 Å². The number of fused-ring (bicyclic) bond motifs is 2. The van der Waals surface area contributed by atoms with Crippen LogP contribution in [0.25, 0.3) is 21.5 Å². The van der Waals surface area contributed by atoms with E-state index in [1.165, 1.54) is 0 Å². The number of carbonyl (C=O) groups is 1. The SMILES string of the molecule is O=C(/C=C/CCC[C@H](O)c1c2ccccc2cc2ccccc12)c1ccccc1. The van der Waals surface area contributed by atoms with Crippen molar-refractivity contribution in [1.82, 2.24) is 0 Å². The third-order valence-electron chi connectivity index (χ3n) is 5.32. The van der Waals surface area contributed by atoms with Gasteiger partial charge in [-0.3, -0.25) is 4.79 Å². The quantitative estimate of drug-likeness (QED) is 0.169. The number of aliphatic hydroxyl groups is 1. The number of hydrogen-bond donors (Lipinski definition) is 1. The lowest BCUT2D eigenvalue weighted by atomic mass is 9.91. The van der Waals surface area contributed by atoms with Crippen molar-refractivity contribution < 1.29 is 9.90 Å². The molecule has 2 nitrogen and oxygen atoms in total. The highest BCUT2D eigenvalue weighted by Crippen LogP contribution is 2.34. The molecule has 1 atom stereocenters. The lowest BCUT2D eigenvalue weighted by Crippen LogP contribution is -2.00. The van der Waals surface area contributed by atoms with Crippen molar-refractivity contribution in [3.8, 4) is 0 Å². The van der Waals surface area contributed by atoms with Gasteiger partial charge in [0.15, 0.2) is 5.78 Å². The smallest absolute Gasteiger partial charge is 0.185 e. The molecule has 0 radical (unpaired) electrons. The van der Waals surface area contributed by atoms with Gasteiger partial charge in [0.1, 0.15) is 0 Å². The Morgan fingerprint density at radius 2 is 1.41 bits per heavy atom. The van der Waals surface area contributed by atoms with Crippen molar-refractivity contribution >= 4 is 27.3 Å². The number of aliphatic hydroxyl groups excluding tert-OH is 1. The summed E-state index contributed by atoms with van der Waals surface area (Å²) in [6.45, 7) is 0. The lowest BCUT2D eigenvalue weighted by molar-refractivity contribution is 0.104. The summed E-state index contributed by atoms with van der Waals surface area (Å²) in [6.07, 6.45) is 5.24. The van der Waals surface area contributed by atoms with Crippen LogP contribution >= 0.6 is 0 Å². The van der Waals surface area contributed by atoms with Gasteiger partial charge in [0.05, 0.1) is 6.10 Å². The molecule has 0 heterocycles. The van der Waals surface area contributed by atoms with E-state index in [0.717, 1.165) is 39.9 Å². The van der Waals surface area contributed by atoms with Gasteiger partial charge >= 0.3 is 0 Å². The predicted molar refractivity (Wildman–Crippen MR) is 120 cm³/mol. The maximum atomic E-state index is 12.1. The third kappa shape index (κ3) is 4.28. The zero-order valence-corrected chi connectivity index (χ0v) is 16.3. The summed E-state index contributed by atoms with van der Waals surface area (Å²) in [7, 11) is 0. The average molecular weight is 380 g/mol. The van der Waals surface area contributed by atoms with Gasteiger partial charge in [0.25, 0.3) is 0 Å². The van der Waals surface area contributed by atoms with E-state index in [4.69, 9.17) is 0 Å². The Hall–Kier alpha value is -3.23. The van der Waals surface area contributed by atoms with Crippen LogP contribution in [0.3, 0.4) is 0 Å². The van der Waals surface area contributed by atoms with Crippen molar-refractivity contribution in [1.29, 1.82) is 0 Å². The summed E-state index contributed by atoms with van der Waals surface area (Å²) in [6, 6.07) is 27.9. The van der Waals surface area contributed by atoms with Gasteiger partial charge in [-0.1, -0.05) is 84.9 Å². The summed E-state index contributed by atoms with van der Waals surface area (Å²) in [4.78, 5) is 12.1. The minimum Gasteiger partial charge on any atom is -0.388 e. The van der Waals surface area contributed by atoms with Crippen molar-refractivity contribution in [2.45, 2.75) is 25.4 Å². The van der Waals surface area contributed by atoms with Crippen LogP contribution in [0.1, 0.15) is 41.3 Å². The van der Waals surface area contributed by atoms with E-state index in [9.17, 15) is 9.90 Å². The fourth-order valence-corrected chi connectivity index (χ4v) is 3.87. The standard InChI is InChI=1S/C27H24O2/c28-25(20-11-3-1-4-12-20)17-5-2-6-18-26(29)27-23-15-9-7-13-21(23)19-22-14-8-10-16-24(22)27/h1,3-5,7-17,19,26,29H,2,6,18H2/b17-5+/t26-/m0/s1. The normalized spacial score (nSPS) is 12.6. The molecule has 0 aromatic heterocycles. The van der Waals surface area contributed by atoms with Crippen LogP contribution in [-0.2, 0) is 0 Å². The molecular formula is C27H24O2. The van der Waals surface area contributed by atoms with E-state index in [1.807, 2.05) is 60.7 Å². The second kappa shape index (κ2) is 8.85. The molecule has 2 heteroatoms. The zero-order valence-electron chi connectivity index (χ0n) is 16.3. The van der Waals surface area contributed by atoms with E-state index < -0.39 is 6.10 Å². The van der Waals surface area contributed by atoms with Crippen LogP contribution in [0.2, 0.25) is 0 Å². The van der Waals surface area contributed by atoms with Crippen LogP contribution in [0, 0.1) is 0 Å². The van der Waals surface area contributed by atoms with Crippen molar-refractivity contribution in [3.63, 3.8) is 0 Å². The monoisotopic (exact) mass is 380 g/mol. The summed E-state index contributed by atoms with van der Waals surface area (Å²) in [5.74, 6) is 0.0196. The largest absolute Gasteiger partial charge is 0.388 e. The highest BCUT2D eigenvalue weighted by Gasteiger charge is 2.15. The molecule has 29 heavy (non-hydrogen) atoms. The summed E-state index contributed by atoms with van der Waals surface area (Å²) in [5, 5.41) is 15.5. The molecule has 4 rings (SSSR count). The number of allylic oxidation sites excluding steroid dienone is 2. The Bertz CT molecular complexity index is 1100. The third-order valence-corrected chi connectivity index (χ3v) is 5.32. The highest BCUT2D eigenvalue weighted by atomic mass is 16.3. The van der Waals surface area contributed by atoms with Crippen LogP contribution in [0.15, 0.2) is 97.1 Å². The molecule has 0 bridgehead atoms. The molecule has 0 unspecified atom stereocenters. The first-order chi connectivity index (χ1) is 14.2. The molecule has 0 aliphatic rings. The Labute approximate surface area is 171 Å². The Balaban J connectivity index is 1.47. The molecule has 144 valence electrons. The molecule has 0 saturated heterocycles. The summed E-state index contributed by atoms with van der Waals surface area (Å²) >= 11 is 0. The van der Waals surface area contributed by atoms with E-state index in [-0.39, 0.29) is 5.78 Å². The summed E-state index contributed by atoms with van der Waals surface area (Å²) < 4.78 is 0. The Morgan fingerprint density at radius 1 is 0.828 bits per heavy atom. The Morgan fingerprint density at radius 3 is 2.07 bits per heavy atom. The van der Waals surface area contributed by atoms with Gasteiger partial charge in [0.2, 0.25) is 0 Å². The van der Waals surface area contributed by atoms with Crippen molar-refractivity contribution in [3.05, 3.63) is 108 Å². The fourth-order valence-electron chi connectivity index (χ4n) is 3.87. The van der Waals surface area contributed by atoms with Gasteiger partial charge in [-0.15, -0.1) is 0 Å². The lowest BCUT2D eigenvalue weighted by Gasteiger charge is -2.17. The van der Waals surface area contributed by atoms with Gasteiger partial charge in [-0.05, 0) is 58.5 Å². The molecule has 0 spiro atoms. The first-order valence-electron chi connectivity index (χ1n) is 10.1.